The fourth-order valence-electron chi connectivity index (χ4n) is 0.593. The SMILES string of the molecule is Oc1c(Cl)c(Cl)c(Cl)c(Cl)c1Cl.[Y]. The van der Waals surface area contributed by atoms with Crippen molar-refractivity contribution in [1.82, 2.24) is 0 Å². The van der Waals surface area contributed by atoms with Crippen LogP contribution in [0.25, 0.3) is 0 Å². The largest absolute Gasteiger partial charge is 0.505 e. The van der Waals surface area contributed by atoms with Crippen molar-refractivity contribution in [1.29, 1.82) is 0 Å². The number of benzene rings is 1. The van der Waals surface area contributed by atoms with Crippen LogP contribution in [-0.2, 0) is 32.7 Å². The Bertz CT molecular complexity index is 235. The summed E-state index contributed by atoms with van der Waals surface area (Å²) in [5, 5.41) is 9.01. The normalized spacial score (nSPS) is 9.62. The molecule has 0 saturated carbocycles. The van der Waals surface area contributed by atoms with Crippen LogP contribution in [0.5, 0.6) is 5.75 Å². The average Bonchev–Trinajstić information content (AvgIpc) is 2.08. The Morgan fingerprint density at radius 3 is 1.15 bits per heavy atom. The summed E-state index contributed by atoms with van der Waals surface area (Å²) >= 11 is 27.9. The van der Waals surface area contributed by atoms with Gasteiger partial charge in [0.1, 0.15) is 10.0 Å². The van der Waals surface area contributed by atoms with Gasteiger partial charge in [0.05, 0.1) is 15.1 Å². The van der Waals surface area contributed by atoms with E-state index in [1.165, 1.54) is 0 Å². The molecule has 0 unspecified atom stereocenters. The number of hydrogen-bond donors (Lipinski definition) is 1. The third kappa shape index (κ3) is 2.78. The molecule has 0 amide bonds. The molecule has 0 aliphatic carbocycles. The van der Waals surface area contributed by atoms with Gasteiger partial charge in [0.25, 0.3) is 0 Å². The zero-order valence-corrected chi connectivity index (χ0v) is 12.5. The van der Waals surface area contributed by atoms with Crippen LogP contribution >= 0.6 is 58.0 Å². The van der Waals surface area contributed by atoms with Crippen molar-refractivity contribution in [3.8, 4) is 5.75 Å². The third-order valence-corrected chi connectivity index (χ3v) is 3.44. The molecule has 13 heavy (non-hydrogen) atoms. The van der Waals surface area contributed by atoms with Crippen molar-refractivity contribution in [2.24, 2.45) is 0 Å². The van der Waals surface area contributed by atoms with Crippen LogP contribution in [0.15, 0.2) is 0 Å². The van der Waals surface area contributed by atoms with Crippen LogP contribution in [-0.4, -0.2) is 5.11 Å². The fraction of sp³-hybridized carbons (Fsp3) is 0. The maximum Gasteiger partial charge on any atom is 0.155 e. The number of phenols is 1. The first kappa shape index (κ1) is 14.6. The van der Waals surface area contributed by atoms with E-state index in [4.69, 9.17) is 58.0 Å². The Hall–Kier alpha value is 1.57. The van der Waals surface area contributed by atoms with Crippen molar-refractivity contribution in [2.75, 3.05) is 0 Å². The van der Waals surface area contributed by atoms with E-state index < -0.39 is 0 Å². The Kier molecular flexibility index (Phi) is 6.28. The quantitative estimate of drug-likeness (QED) is 0.530. The molecule has 0 heterocycles. The zero-order chi connectivity index (χ0) is 9.46. The summed E-state index contributed by atoms with van der Waals surface area (Å²) in [4.78, 5) is 0. The van der Waals surface area contributed by atoms with Crippen molar-refractivity contribution < 1.29 is 37.8 Å². The molecular weight excluding hydrogens is 354 g/mol. The summed E-state index contributed by atoms with van der Waals surface area (Å²) in [5.74, 6) is -0.363. The Morgan fingerprint density at radius 1 is 0.615 bits per heavy atom. The molecular formula is C6HCl5OY. The summed E-state index contributed by atoms with van der Waals surface area (Å²) in [5.41, 5.74) is 0. The van der Waals surface area contributed by atoms with Gasteiger partial charge in [-0.2, -0.15) is 0 Å². The summed E-state index contributed by atoms with van der Waals surface area (Å²) in [6.07, 6.45) is 0. The van der Waals surface area contributed by atoms with Crippen molar-refractivity contribution in [3.05, 3.63) is 25.1 Å². The first-order chi connectivity index (χ1) is 5.46. The molecule has 1 radical (unpaired) electrons. The molecule has 0 spiro atoms. The summed E-state index contributed by atoms with van der Waals surface area (Å²) in [7, 11) is 0. The van der Waals surface area contributed by atoms with Gasteiger partial charge < -0.3 is 5.11 Å². The number of aromatic hydroxyl groups is 1. The molecule has 0 aliphatic heterocycles. The van der Waals surface area contributed by atoms with Gasteiger partial charge in [-0.15, -0.1) is 0 Å². The molecule has 0 aromatic heterocycles. The monoisotopic (exact) mass is 353 g/mol. The molecule has 1 rings (SSSR count). The molecule has 0 atom stereocenters. The molecule has 0 saturated heterocycles. The minimum absolute atomic E-state index is 0. The minimum Gasteiger partial charge on any atom is -0.505 e. The van der Waals surface area contributed by atoms with Crippen molar-refractivity contribution in [3.63, 3.8) is 0 Å². The topological polar surface area (TPSA) is 20.2 Å². The molecule has 69 valence electrons. The zero-order valence-electron chi connectivity index (χ0n) is 5.91. The number of hydrogen-bond acceptors (Lipinski definition) is 1. The predicted octanol–water partition coefficient (Wildman–Crippen LogP) is 4.66. The minimum atomic E-state index is -0.363. The predicted molar refractivity (Wildman–Crippen MR) is 53.2 cm³/mol. The molecule has 0 bridgehead atoms. The van der Waals surface area contributed by atoms with E-state index >= 15 is 0 Å². The maximum atomic E-state index is 9.20. The van der Waals surface area contributed by atoms with Crippen LogP contribution in [0.3, 0.4) is 0 Å². The van der Waals surface area contributed by atoms with Gasteiger partial charge in [0.2, 0.25) is 0 Å². The van der Waals surface area contributed by atoms with E-state index in [9.17, 15) is 5.11 Å². The average molecular weight is 355 g/mol. The van der Waals surface area contributed by atoms with Gasteiger partial charge in [0.15, 0.2) is 5.75 Å². The van der Waals surface area contributed by atoms with Gasteiger partial charge in [-0.25, -0.2) is 0 Å². The van der Waals surface area contributed by atoms with Crippen LogP contribution in [0.1, 0.15) is 0 Å². The molecule has 1 nitrogen and oxygen atoms in total. The van der Waals surface area contributed by atoms with E-state index in [0.29, 0.717) is 0 Å². The van der Waals surface area contributed by atoms with Gasteiger partial charge in [-0.1, -0.05) is 58.0 Å². The van der Waals surface area contributed by atoms with Gasteiger partial charge in [-0.3, -0.25) is 0 Å². The number of rotatable bonds is 0. The van der Waals surface area contributed by atoms with E-state index in [1.54, 1.807) is 0 Å². The standard InChI is InChI=1S/C6HCl5O.Y/c7-1-2(8)4(10)6(12)5(11)3(1)9;/h12H;. The molecule has 7 heteroatoms. The second-order valence-electron chi connectivity index (χ2n) is 1.92. The van der Waals surface area contributed by atoms with E-state index in [0.717, 1.165) is 0 Å². The molecule has 0 fully saturated rings. The second-order valence-corrected chi connectivity index (χ2v) is 3.81. The third-order valence-electron chi connectivity index (χ3n) is 1.19. The first-order valence-corrected chi connectivity index (χ1v) is 4.56. The summed E-state index contributed by atoms with van der Waals surface area (Å²) in [6.45, 7) is 0. The summed E-state index contributed by atoms with van der Waals surface area (Å²) in [6, 6.07) is 0. The van der Waals surface area contributed by atoms with E-state index in [2.05, 4.69) is 0 Å². The molecule has 1 aromatic carbocycles. The second kappa shape index (κ2) is 5.60. The van der Waals surface area contributed by atoms with E-state index in [-0.39, 0.29) is 63.6 Å². The smallest absolute Gasteiger partial charge is 0.155 e. The fourth-order valence-corrected chi connectivity index (χ4v) is 1.72. The van der Waals surface area contributed by atoms with Gasteiger partial charge in [0, 0.05) is 32.7 Å². The van der Waals surface area contributed by atoms with Crippen LogP contribution in [0.2, 0.25) is 25.1 Å². The summed E-state index contributed by atoms with van der Waals surface area (Å²) < 4.78 is 0. The first-order valence-electron chi connectivity index (χ1n) is 2.67. The van der Waals surface area contributed by atoms with Crippen LogP contribution in [0.4, 0.5) is 0 Å². The van der Waals surface area contributed by atoms with Crippen molar-refractivity contribution >= 4 is 58.0 Å². The molecule has 0 aliphatic rings. The van der Waals surface area contributed by atoms with Crippen molar-refractivity contribution in [2.45, 2.75) is 0 Å². The number of halogens is 5. The Balaban J connectivity index is 0.00000144. The van der Waals surface area contributed by atoms with Gasteiger partial charge >= 0.3 is 0 Å². The van der Waals surface area contributed by atoms with Gasteiger partial charge in [-0.05, 0) is 0 Å². The Labute approximate surface area is 125 Å². The number of phenolic OH excluding ortho intramolecular Hbond substituents is 1. The molecule has 1 aromatic rings. The molecule has 1 N–H and O–H groups in total. The van der Waals surface area contributed by atoms with E-state index in [1.807, 2.05) is 0 Å². The van der Waals surface area contributed by atoms with Crippen LogP contribution in [0, 0.1) is 0 Å². The Morgan fingerprint density at radius 2 is 0.846 bits per heavy atom. The van der Waals surface area contributed by atoms with Crippen LogP contribution < -0.4 is 0 Å². The maximum absolute atomic E-state index is 9.20.